The highest BCUT2D eigenvalue weighted by molar-refractivity contribution is 5.89. The molecule has 0 unspecified atom stereocenters. The van der Waals surface area contributed by atoms with Crippen LogP contribution in [0, 0.1) is 11.3 Å². The molecule has 0 saturated carbocycles. The van der Waals surface area contributed by atoms with Crippen molar-refractivity contribution in [3.05, 3.63) is 36.0 Å². The molecule has 0 spiro atoms. The third kappa shape index (κ3) is 3.33. The highest BCUT2D eigenvalue weighted by atomic mass is 16.5. The Labute approximate surface area is 152 Å². The van der Waals surface area contributed by atoms with Crippen LogP contribution in [0.4, 0.5) is 0 Å². The van der Waals surface area contributed by atoms with Gasteiger partial charge in [-0.05, 0) is 18.1 Å². The summed E-state index contributed by atoms with van der Waals surface area (Å²) in [6.45, 7) is 5.26. The van der Waals surface area contributed by atoms with E-state index in [1.807, 2.05) is 29.3 Å². The van der Waals surface area contributed by atoms with Gasteiger partial charge in [-0.3, -0.25) is 9.59 Å². The van der Waals surface area contributed by atoms with Gasteiger partial charge in [-0.15, -0.1) is 0 Å². The normalized spacial score (nSPS) is 21.8. The molecule has 2 amide bonds. The summed E-state index contributed by atoms with van der Waals surface area (Å²) in [4.78, 5) is 29.8. The Morgan fingerprint density at radius 1 is 1.38 bits per heavy atom. The zero-order valence-corrected chi connectivity index (χ0v) is 15.1. The van der Waals surface area contributed by atoms with Crippen LogP contribution >= 0.6 is 0 Å². The average Bonchev–Trinajstić information content (AvgIpc) is 3.20. The van der Waals surface area contributed by atoms with E-state index in [0.717, 1.165) is 11.9 Å². The number of benzene rings is 1. The molecule has 1 aromatic heterocycles. The third-order valence-electron chi connectivity index (χ3n) is 5.50. The molecule has 6 nitrogen and oxygen atoms in total. The fourth-order valence-corrected chi connectivity index (χ4v) is 3.76. The van der Waals surface area contributed by atoms with Crippen LogP contribution in [0.15, 0.2) is 30.5 Å². The highest BCUT2D eigenvalue weighted by Crippen LogP contribution is 2.26. The van der Waals surface area contributed by atoms with Crippen LogP contribution in [-0.4, -0.2) is 54.5 Å². The largest absolute Gasteiger partial charge is 0.380 e. The fraction of sp³-hybridized carbons (Fsp3) is 0.500. The maximum atomic E-state index is 12.4. The van der Waals surface area contributed by atoms with E-state index in [-0.39, 0.29) is 23.1 Å². The van der Waals surface area contributed by atoms with Gasteiger partial charge in [-0.1, -0.05) is 25.1 Å². The van der Waals surface area contributed by atoms with E-state index in [4.69, 9.17) is 4.74 Å². The minimum Gasteiger partial charge on any atom is -0.380 e. The number of hydrogen-bond donors (Lipinski definition) is 2. The first-order chi connectivity index (χ1) is 12.5. The van der Waals surface area contributed by atoms with E-state index in [1.165, 1.54) is 10.9 Å². The van der Waals surface area contributed by atoms with Crippen LogP contribution < -0.4 is 5.32 Å². The predicted octanol–water partition coefficient (Wildman–Crippen LogP) is 1.71. The topological polar surface area (TPSA) is 74.4 Å². The quantitative estimate of drug-likeness (QED) is 0.828. The highest BCUT2D eigenvalue weighted by Gasteiger charge is 2.37. The number of carbonyl (C=O) groups is 2. The van der Waals surface area contributed by atoms with E-state index in [1.54, 1.807) is 0 Å². The number of carbonyl (C=O) groups excluding carboxylic acids is 2. The summed E-state index contributed by atoms with van der Waals surface area (Å²) in [6, 6.07) is 8.17. The number of likely N-dealkylation sites (tertiary alicyclic amines) is 1. The summed E-state index contributed by atoms with van der Waals surface area (Å²) in [5.74, 6) is -0.181. The summed E-state index contributed by atoms with van der Waals surface area (Å²) in [6.07, 6.45) is 3.11. The summed E-state index contributed by atoms with van der Waals surface area (Å²) in [5.41, 5.74) is 2.37. The van der Waals surface area contributed by atoms with Crippen molar-refractivity contribution in [3.63, 3.8) is 0 Å². The monoisotopic (exact) mass is 355 g/mol. The van der Waals surface area contributed by atoms with Crippen LogP contribution in [0.25, 0.3) is 10.9 Å². The van der Waals surface area contributed by atoms with Crippen molar-refractivity contribution in [2.24, 2.45) is 11.3 Å². The van der Waals surface area contributed by atoms with Crippen molar-refractivity contribution in [1.82, 2.24) is 15.2 Å². The Bertz CT molecular complexity index is 825. The molecular weight excluding hydrogens is 330 g/mol. The Hall–Kier alpha value is -2.34. The van der Waals surface area contributed by atoms with Gasteiger partial charge in [0.25, 0.3) is 0 Å². The first kappa shape index (κ1) is 17.1. The van der Waals surface area contributed by atoms with Crippen LogP contribution in [0.3, 0.4) is 0 Å². The molecule has 2 aliphatic rings. The van der Waals surface area contributed by atoms with Gasteiger partial charge < -0.3 is 19.9 Å². The number of para-hydroxylation sites is 1. The standard InChI is InChI=1S/C20H25N3O3/c1-20(12-26-13-20)11-22-19(25)15-8-18(24)23(10-15)7-6-14-9-21-17-5-3-2-4-16(14)17/h2-5,9,15,21H,6-8,10-13H2,1H3,(H,22,25)/t15-/m0/s1. The number of fused-ring (bicyclic) bond motifs is 1. The van der Waals surface area contributed by atoms with E-state index in [9.17, 15) is 9.59 Å². The predicted molar refractivity (Wildman–Crippen MR) is 98.6 cm³/mol. The van der Waals surface area contributed by atoms with Gasteiger partial charge in [0.05, 0.1) is 19.1 Å². The van der Waals surface area contributed by atoms with E-state index >= 15 is 0 Å². The van der Waals surface area contributed by atoms with Crippen LogP contribution in [0.2, 0.25) is 0 Å². The van der Waals surface area contributed by atoms with Crippen LogP contribution in [0.1, 0.15) is 18.9 Å². The lowest BCUT2D eigenvalue weighted by Crippen LogP contribution is -2.49. The van der Waals surface area contributed by atoms with Crippen molar-refractivity contribution in [3.8, 4) is 0 Å². The molecule has 1 atom stereocenters. The summed E-state index contributed by atoms with van der Waals surface area (Å²) in [7, 11) is 0. The lowest BCUT2D eigenvalue weighted by molar-refractivity contribution is -0.131. The number of ether oxygens (including phenoxy) is 1. The molecule has 3 heterocycles. The maximum Gasteiger partial charge on any atom is 0.225 e. The molecule has 2 saturated heterocycles. The Kier molecular flexibility index (Phi) is 4.44. The average molecular weight is 355 g/mol. The molecule has 1 aromatic carbocycles. The second-order valence-corrected chi connectivity index (χ2v) is 7.87. The molecule has 4 rings (SSSR count). The third-order valence-corrected chi connectivity index (χ3v) is 5.50. The number of rotatable bonds is 6. The molecule has 0 bridgehead atoms. The molecule has 0 aliphatic carbocycles. The van der Waals surface area contributed by atoms with Crippen molar-refractivity contribution < 1.29 is 14.3 Å². The fourth-order valence-electron chi connectivity index (χ4n) is 3.76. The number of nitrogens with zero attached hydrogens (tertiary/aromatic N) is 1. The molecule has 2 fully saturated rings. The first-order valence-corrected chi connectivity index (χ1v) is 9.22. The molecule has 138 valence electrons. The lowest BCUT2D eigenvalue weighted by Gasteiger charge is -2.38. The second kappa shape index (κ2) is 6.76. The number of amides is 2. The molecular formula is C20H25N3O3. The lowest BCUT2D eigenvalue weighted by atomic mass is 9.88. The number of nitrogens with one attached hydrogen (secondary N) is 2. The number of aromatic nitrogens is 1. The maximum absolute atomic E-state index is 12.4. The molecule has 26 heavy (non-hydrogen) atoms. The van der Waals surface area contributed by atoms with Gasteiger partial charge in [0, 0.05) is 48.6 Å². The summed E-state index contributed by atoms with van der Waals surface area (Å²) in [5, 5.41) is 4.20. The second-order valence-electron chi connectivity index (χ2n) is 7.87. The van der Waals surface area contributed by atoms with Gasteiger partial charge in [-0.2, -0.15) is 0 Å². The SMILES string of the molecule is CC1(CNC(=O)[C@H]2CC(=O)N(CCc3c[nH]c4ccccc34)C2)COC1. The zero-order chi connectivity index (χ0) is 18.1. The number of hydrogen-bond acceptors (Lipinski definition) is 3. The van der Waals surface area contributed by atoms with Crippen molar-refractivity contribution >= 4 is 22.7 Å². The smallest absolute Gasteiger partial charge is 0.225 e. The van der Waals surface area contributed by atoms with Gasteiger partial charge in [0.2, 0.25) is 11.8 Å². The van der Waals surface area contributed by atoms with Gasteiger partial charge >= 0.3 is 0 Å². The number of aromatic amines is 1. The molecule has 6 heteroatoms. The molecule has 0 radical (unpaired) electrons. The van der Waals surface area contributed by atoms with E-state index in [2.05, 4.69) is 23.3 Å². The Balaban J connectivity index is 1.31. The molecule has 2 aromatic rings. The first-order valence-electron chi connectivity index (χ1n) is 9.22. The van der Waals surface area contributed by atoms with Crippen LogP contribution in [0.5, 0.6) is 0 Å². The van der Waals surface area contributed by atoms with Crippen molar-refractivity contribution in [1.29, 1.82) is 0 Å². The summed E-state index contributed by atoms with van der Waals surface area (Å²) < 4.78 is 5.21. The van der Waals surface area contributed by atoms with Crippen molar-refractivity contribution in [2.45, 2.75) is 19.8 Å². The minimum absolute atomic E-state index is 0.0129. The van der Waals surface area contributed by atoms with Gasteiger partial charge in [0.15, 0.2) is 0 Å². The number of H-pyrrole nitrogens is 1. The van der Waals surface area contributed by atoms with Gasteiger partial charge in [-0.25, -0.2) is 0 Å². The van der Waals surface area contributed by atoms with Gasteiger partial charge in [0.1, 0.15) is 0 Å². The molecule has 2 N–H and O–H groups in total. The van der Waals surface area contributed by atoms with Crippen LogP contribution in [-0.2, 0) is 20.7 Å². The Morgan fingerprint density at radius 2 is 2.19 bits per heavy atom. The van der Waals surface area contributed by atoms with Crippen molar-refractivity contribution in [2.75, 3.05) is 32.8 Å². The van der Waals surface area contributed by atoms with E-state index in [0.29, 0.717) is 39.3 Å². The molecule has 2 aliphatic heterocycles. The Morgan fingerprint density at radius 3 is 2.96 bits per heavy atom. The summed E-state index contributed by atoms with van der Waals surface area (Å²) >= 11 is 0. The minimum atomic E-state index is -0.241. The van der Waals surface area contributed by atoms with E-state index < -0.39 is 0 Å². The zero-order valence-electron chi connectivity index (χ0n) is 15.1.